The molecule has 0 aliphatic heterocycles. The maximum Gasteiger partial charge on any atom is 0.266 e. The Bertz CT molecular complexity index is 1440. The maximum atomic E-state index is 12.9. The first-order chi connectivity index (χ1) is 18.5. The molecule has 1 N–H and O–H groups in total. The number of hydrogen-bond acceptors (Lipinski definition) is 5. The second-order valence-corrected chi connectivity index (χ2v) is 9.16. The van der Waals surface area contributed by atoms with Gasteiger partial charge in [0.1, 0.15) is 42.1 Å². The van der Waals surface area contributed by atoms with Crippen molar-refractivity contribution >= 4 is 33.6 Å². The van der Waals surface area contributed by atoms with Crippen molar-refractivity contribution in [2.45, 2.75) is 13.2 Å². The highest BCUT2D eigenvalue weighted by atomic mass is 79.9. The number of rotatable bonds is 10. The van der Waals surface area contributed by atoms with E-state index in [1.165, 1.54) is 6.08 Å². The van der Waals surface area contributed by atoms with Gasteiger partial charge in [-0.3, -0.25) is 4.79 Å². The molecule has 0 bridgehead atoms. The number of benzene rings is 4. The predicted molar refractivity (Wildman–Crippen MR) is 151 cm³/mol. The second kappa shape index (κ2) is 13.1. The zero-order chi connectivity index (χ0) is 26.7. The fraction of sp³-hybridized carbons (Fsp3) is 0.0968. The van der Waals surface area contributed by atoms with E-state index in [2.05, 4.69) is 21.2 Å². The van der Waals surface area contributed by atoms with Crippen LogP contribution in [0.5, 0.6) is 17.2 Å². The van der Waals surface area contributed by atoms with E-state index < -0.39 is 5.91 Å². The molecule has 0 spiro atoms. The molecule has 4 aromatic carbocycles. The first kappa shape index (κ1) is 26.5. The summed E-state index contributed by atoms with van der Waals surface area (Å²) in [6, 6.07) is 31.8. The van der Waals surface area contributed by atoms with Gasteiger partial charge in [0.2, 0.25) is 0 Å². The number of amides is 1. The minimum absolute atomic E-state index is 0.0599. The molecule has 0 unspecified atom stereocenters. The van der Waals surface area contributed by atoms with Crippen LogP contribution in [-0.4, -0.2) is 13.0 Å². The van der Waals surface area contributed by atoms with Gasteiger partial charge in [0.05, 0.1) is 7.11 Å². The van der Waals surface area contributed by atoms with Crippen LogP contribution in [0.2, 0.25) is 0 Å². The average Bonchev–Trinajstić information content (AvgIpc) is 2.96. The standard InChI is InChI=1S/C31H25BrN2O4/c1-36-29-14-9-24(30(18-29)38-21-22-5-3-2-4-6-22)17-25(19-33)31(35)34-27-12-15-28(16-13-27)37-20-23-7-10-26(32)11-8-23/h2-18H,20-21H2,1H3,(H,34,35)/b25-17+. The number of nitrogens with zero attached hydrogens (tertiary/aromatic N) is 1. The van der Waals surface area contributed by atoms with Crippen LogP contribution in [0.15, 0.2) is 107 Å². The molecule has 0 aromatic heterocycles. The predicted octanol–water partition coefficient (Wildman–Crippen LogP) is 7.16. The molecule has 4 aromatic rings. The van der Waals surface area contributed by atoms with E-state index in [-0.39, 0.29) is 5.57 Å². The van der Waals surface area contributed by atoms with Crippen molar-refractivity contribution in [3.05, 3.63) is 124 Å². The molecule has 0 aliphatic carbocycles. The molecule has 6 nitrogen and oxygen atoms in total. The van der Waals surface area contributed by atoms with Gasteiger partial charge in [0.15, 0.2) is 0 Å². The summed E-state index contributed by atoms with van der Waals surface area (Å²) in [6.07, 6.45) is 1.50. The first-order valence-corrected chi connectivity index (χ1v) is 12.6. The van der Waals surface area contributed by atoms with Crippen molar-refractivity contribution in [3.8, 4) is 23.3 Å². The number of nitriles is 1. The first-order valence-electron chi connectivity index (χ1n) is 11.8. The molecule has 38 heavy (non-hydrogen) atoms. The van der Waals surface area contributed by atoms with Crippen LogP contribution in [-0.2, 0) is 18.0 Å². The van der Waals surface area contributed by atoms with Gasteiger partial charge < -0.3 is 19.5 Å². The van der Waals surface area contributed by atoms with E-state index >= 15 is 0 Å². The molecule has 0 saturated carbocycles. The van der Waals surface area contributed by atoms with Crippen LogP contribution in [0.3, 0.4) is 0 Å². The quantitative estimate of drug-likeness (QED) is 0.162. The topological polar surface area (TPSA) is 80.6 Å². The Labute approximate surface area is 230 Å². The summed E-state index contributed by atoms with van der Waals surface area (Å²) < 4.78 is 18.1. The summed E-state index contributed by atoms with van der Waals surface area (Å²) in [6.45, 7) is 0.760. The van der Waals surface area contributed by atoms with Gasteiger partial charge in [-0.05, 0) is 65.7 Å². The van der Waals surface area contributed by atoms with E-state index in [0.29, 0.717) is 41.7 Å². The lowest BCUT2D eigenvalue weighted by atomic mass is 10.1. The Morgan fingerprint density at radius 1 is 0.868 bits per heavy atom. The smallest absolute Gasteiger partial charge is 0.266 e. The number of hydrogen-bond donors (Lipinski definition) is 1. The molecule has 0 saturated heterocycles. The number of anilines is 1. The molecular weight excluding hydrogens is 544 g/mol. The fourth-order valence-corrected chi connectivity index (χ4v) is 3.77. The van der Waals surface area contributed by atoms with Crippen LogP contribution in [0.25, 0.3) is 6.08 Å². The van der Waals surface area contributed by atoms with Crippen LogP contribution < -0.4 is 19.5 Å². The largest absolute Gasteiger partial charge is 0.497 e. The number of ether oxygens (including phenoxy) is 3. The van der Waals surface area contributed by atoms with Gasteiger partial charge >= 0.3 is 0 Å². The van der Waals surface area contributed by atoms with E-state index in [1.807, 2.05) is 60.7 Å². The number of carbonyl (C=O) groups excluding carboxylic acids is 1. The summed E-state index contributed by atoms with van der Waals surface area (Å²) in [7, 11) is 1.57. The van der Waals surface area contributed by atoms with Gasteiger partial charge in [-0.2, -0.15) is 5.26 Å². The molecule has 1 amide bonds. The van der Waals surface area contributed by atoms with Crippen LogP contribution in [0.4, 0.5) is 5.69 Å². The number of carbonyl (C=O) groups is 1. The van der Waals surface area contributed by atoms with Crippen molar-refractivity contribution in [2.75, 3.05) is 12.4 Å². The van der Waals surface area contributed by atoms with E-state index in [9.17, 15) is 10.1 Å². The lowest BCUT2D eigenvalue weighted by molar-refractivity contribution is -0.112. The number of nitrogens with one attached hydrogen (secondary N) is 1. The molecule has 190 valence electrons. The molecule has 0 radical (unpaired) electrons. The van der Waals surface area contributed by atoms with Crippen molar-refractivity contribution < 1.29 is 19.0 Å². The minimum atomic E-state index is -0.527. The molecule has 4 rings (SSSR count). The third kappa shape index (κ3) is 7.48. The van der Waals surface area contributed by atoms with Crippen LogP contribution >= 0.6 is 15.9 Å². The van der Waals surface area contributed by atoms with E-state index in [4.69, 9.17) is 14.2 Å². The Hall–Kier alpha value is -4.54. The van der Waals surface area contributed by atoms with Crippen molar-refractivity contribution in [1.29, 1.82) is 5.26 Å². The molecule has 0 fully saturated rings. The summed E-state index contributed by atoms with van der Waals surface area (Å²) in [5, 5.41) is 12.5. The Morgan fingerprint density at radius 3 is 2.21 bits per heavy atom. The van der Waals surface area contributed by atoms with Crippen molar-refractivity contribution in [3.63, 3.8) is 0 Å². The summed E-state index contributed by atoms with van der Waals surface area (Å²) >= 11 is 3.42. The molecule has 0 aliphatic rings. The highest BCUT2D eigenvalue weighted by Crippen LogP contribution is 2.28. The third-order valence-corrected chi connectivity index (χ3v) is 6.08. The molecular formula is C31H25BrN2O4. The van der Waals surface area contributed by atoms with Crippen molar-refractivity contribution in [1.82, 2.24) is 0 Å². The van der Waals surface area contributed by atoms with E-state index in [1.54, 1.807) is 49.6 Å². The van der Waals surface area contributed by atoms with Crippen LogP contribution in [0.1, 0.15) is 16.7 Å². The third-order valence-electron chi connectivity index (χ3n) is 5.55. The van der Waals surface area contributed by atoms with Gasteiger partial charge in [-0.1, -0.05) is 58.4 Å². The lowest BCUT2D eigenvalue weighted by Crippen LogP contribution is -2.13. The summed E-state index contributed by atoms with van der Waals surface area (Å²) in [4.78, 5) is 12.9. The number of methoxy groups -OCH3 is 1. The second-order valence-electron chi connectivity index (χ2n) is 8.24. The van der Waals surface area contributed by atoms with Gasteiger partial charge in [-0.15, -0.1) is 0 Å². The highest BCUT2D eigenvalue weighted by molar-refractivity contribution is 9.10. The Kier molecular flexibility index (Phi) is 9.17. The van der Waals surface area contributed by atoms with E-state index in [0.717, 1.165) is 15.6 Å². The minimum Gasteiger partial charge on any atom is -0.497 e. The van der Waals surface area contributed by atoms with Crippen molar-refractivity contribution in [2.24, 2.45) is 0 Å². The molecule has 7 heteroatoms. The van der Waals surface area contributed by atoms with Gasteiger partial charge in [0.25, 0.3) is 5.91 Å². The monoisotopic (exact) mass is 568 g/mol. The Balaban J connectivity index is 1.43. The molecule has 0 atom stereocenters. The fourth-order valence-electron chi connectivity index (χ4n) is 3.51. The van der Waals surface area contributed by atoms with Crippen LogP contribution in [0, 0.1) is 11.3 Å². The normalized spacial score (nSPS) is 10.8. The molecule has 0 heterocycles. The zero-order valence-corrected chi connectivity index (χ0v) is 22.3. The van der Waals surface area contributed by atoms with Gasteiger partial charge in [0, 0.05) is 21.8 Å². The zero-order valence-electron chi connectivity index (χ0n) is 20.7. The lowest BCUT2D eigenvalue weighted by Gasteiger charge is -2.12. The van der Waals surface area contributed by atoms with Gasteiger partial charge in [-0.25, -0.2) is 0 Å². The summed E-state index contributed by atoms with van der Waals surface area (Å²) in [5.41, 5.74) is 3.11. The SMILES string of the molecule is COc1ccc(/C=C(\C#N)C(=O)Nc2ccc(OCc3ccc(Br)cc3)cc2)c(OCc2ccccc2)c1. The highest BCUT2D eigenvalue weighted by Gasteiger charge is 2.13. The summed E-state index contributed by atoms with van der Waals surface area (Å²) in [5.74, 6) is 1.25. The Morgan fingerprint density at radius 2 is 1.53 bits per heavy atom. The maximum absolute atomic E-state index is 12.9. The average molecular weight is 569 g/mol. The number of halogens is 1.